The maximum absolute atomic E-state index is 12.1. The van der Waals surface area contributed by atoms with Crippen LogP contribution >= 0.6 is 12.4 Å². The number of rotatable bonds is 7. The van der Waals surface area contributed by atoms with E-state index in [0.717, 1.165) is 43.7 Å². The van der Waals surface area contributed by atoms with Gasteiger partial charge < -0.3 is 25.6 Å². The van der Waals surface area contributed by atoms with E-state index in [1.807, 2.05) is 24.3 Å². The minimum Gasteiger partial charge on any atom is -0.469 e. The Bertz CT molecular complexity index is 750. The molecule has 8 nitrogen and oxygen atoms in total. The molecule has 2 aliphatic heterocycles. The first kappa shape index (κ1) is 24.0. The lowest BCUT2D eigenvalue weighted by Crippen LogP contribution is -2.47. The monoisotopic (exact) mass is 437 g/mol. The number of ether oxygens (including phenoxy) is 1. The number of hydrogen-bond acceptors (Lipinski definition) is 6. The molecule has 0 unspecified atom stereocenters. The summed E-state index contributed by atoms with van der Waals surface area (Å²) in [6.07, 6.45) is 2.94. The second-order valence-electron chi connectivity index (χ2n) is 8.04. The number of methoxy groups -OCH3 is 1. The van der Waals surface area contributed by atoms with Crippen LogP contribution in [0.2, 0.25) is 0 Å². The predicted octanol–water partition coefficient (Wildman–Crippen LogP) is 1.36. The largest absolute Gasteiger partial charge is 0.469 e. The van der Waals surface area contributed by atoms with Gasteiger partial charge >= 0.3 is 5.97 Å². The molecule has 0 aliphatic carbocycles. The third-order valence-corrected chi connectivity index (χ3v) is 6.07. The second kappa shape index (κ2) is 10.6. The fourth-order valence-electron chi connectivity index (χ4n) is 4.32. The van der Waals surface area contributed by atoms with Crippen LogP contribution in [-0.4, -0.2) is 68.5 Å². The molecule has 2 saturated heterocycles. The molecule has 0 spiro atoms. The van der Waals surface area contributed by atoms with Gasteiger partial charge in [0.1, 0.15) is 5.84 Å². The average Bonchev–Trinajstić information content (AvgIpc) is 3.06. The van der Waals surface area contributed by atoms with Crippen LogP contribution in [0, 0.1) is 11.3 Å². The van der Waals surface area contributed by atoms with E-state index in [1.54, 1.807) is 0 Å². The van der Waals surface area contributed by atoms with Gasteiger partial charge in [-0.15, -0.1) is 12.4 Å². The van der Waals surface area contributed by atoms with Gasteiger partial charge in [0.25, 0.3) is 0 Å². The smallest absolute Gasteiger partial charge is 0.306 e. The Kier molecular flexibility index (Phi) is 8.49. The number of amides is 1. The molecule has 4 N–H and O–H groups in total. The average molecular weight is 438 g/mol. The molecule has 2 fully saturated rings. The summed E-state index contributed by atoms with van der Waals surface area (Å²) in [7, 11) is 3.46. The highest BCUT2D eigenvalue weighted by Gasteiger charge is 2.35. The maximum Gasteiger partial charge on any atom is 0.306 e. The number of carbonyl (C=O) groups excluding carboxylic acids is 2. The fourth-order valence-corrected chi connectivity index (χ4v) is 4.32. The van der Waals surface area contributed by atoms with E-state index in [-0.39, 0.29) is 48.5 Å². The number of amidine groups is 1. The highest BCUT2D eigenvalue weighted by Crippen LogP contribution is 2.25. The third-order valence-electron chi connectivity index (χ3n) is 6.07. The molecule has 1 amide bonds. The van der Waals surface area contributed by atoms with E-state index in [0.29, 0.717) is 12.5 Å². The van der Waals surface area contributed by atoms with Gasteiger partial charge in [-0.3, -0.25) is 15.0 Å². The highest BCUT2D eigenvalue weighted by atomic mass is 35.5. The molecule has 0 aromatic heterocycles. The van der Waals surface area contributed by atoms with Crippen molar-refractivity contribution in [3.8, 4) is 0 Å². The summed E-state index contributed by atoms with van der Waals surface area (Å²) in [6.45, 7) is 2.73. The Morgan fingerprint density at radius 3 is 2.50 bits per heavy atom. The normalized spacial score (nSPS) is 21.8. The van der Waals surface area contributed by atoms with E-state index in [4.69, 9.17) is 11.1 Å². The van der Waals surface area contributed by atoms with Crippen molar-refractivity contribution in [3.63, 3.8) is 0 Å². The van der Waals surface area contributed by atoms with Gasteiger partial charge in [-0.2, -0.15) is 0 Å². The minimum atomic E-state index is -0.331. The zero-order chi connectivity index (χ0) is 21.0. The zero-order valence-electron chi connectivity index (χ0n) is 17.6. The van der Waals surface area contributed by atoms with Gasteiger partial charge in [0.05, 0.1) is 19.4 Å². The molecule has 166 valence electrons. The van der Waals surface area contributed by atoms with Crippen molar-refractivity contribution in [2.75, 3.05) is 38.7 Å². The van der Waals surface area contributed by atoms with E-state index < -0.39 is 0 Å². The number of carbonyl (C=O) groups is 2. The van der Waals surface area contributed by atoms with E-state index in [1.165, 1.54) is 7.11 Å². The first-order valence-electron chi connectivity index (χ1n) is 10.1. The summed E-state index contributed by atoms with van der Waals surface area (Å²) < 4.78 is 4.69. The van der Waals surface area contributed by atoms with E-state index in [2.05, 4.69) is 26.9 Å². The molecule has 0 radical (unpaired) electrons. The number of nitrogens with two attached hydrogens (primary N) is 1. The molecule has 1 aromatic rings. The van der Waals surface area contributed by atoms with Crippen molar-refractivity contribution in [2.24, 2.45) is 11.7 Å². The first-order chi connectivity index (χ1) is 13.9. The Morgan fingerprint density at radius 1 is 1.30 bits per heavy atom. The molecule has 0 bridgehead atoms. The number of esters is 1. The molecule has 9 heteroatoms. The van der Waals surface area contributed by atoms with E-state index in [9.17, 15) is 9.59 Å². The van der Waals surface area contributed by atoms with Crippen molar-refractivity contribution in [1.29, 1.82) is 5.41 Å². The Morgan fingerprint density at radius 2 is 1.93 bits per heavy atom. The Hall–Kier alpha value is -2.32. The number of nitrogen functional groups attached to an aromatic ring is 1. The predicted molar refractivity (Wildman–Crippen MR) is 119 cm³/mol. The van der Waals surface area contributed by atoms with Gasteiger partial charge in [0.15, 0.2) is 0 Å². The summed E-state index contributed by atoms with van der Waals surface area (Å²) in [5.74, 6) is -0.564. The van der Waals surface area contributed by atoms with Crippen LogP contribution in [-0.2, 0) is 14.3 Å². The van der Waals surface area contributed by atoms with Gasteiger partial charge in [-0.1, -0.05) is 0 Å². The quantitative estimate of drug-likeness (QED) is 0.337. The summed E-state index contributed by atoms with van der Waals surface area (Å²) in [4.78, 5) is 28.2. The third kappa shape index (κ3) is 5.86. The number of likely N-dealkylation sites (N-methyl/N-ethyl adjacent to an activating group) is 1. The van der Waals surface area contributed by atoms with Crippen LogP contribution in [0.3, 0.4) is 0 Å². The summed E-state index contributed by atoms with van der Waals surface area (Å²) in [6, 6.07) is 8.39. The van der Waals surface area contributed by atoms with E-state index >= 15 is 0 Å². The molecule has 3 rings (SSSR count). The molecular weight excluding hydrogens is 406 g/mol. The molecule has 0 saturated carbocycles. The highest BCUT2D eigenvalue weighted by molar-refractivity contribution is 5.95. The van der Waals surface area contributed by atoms with Crippen molar-refractivity contribution in [3.05, 3.63) is 29.8 Å². The van der Waals surface area contributed by atoms with Crippen LogP contribution < -0.4 is 16.0 Å². The lowest BCUT2D eigenvalue weighted by molar-refractivity contribution is -0.143. The van der Waals surface area contributed by atoms with Crippen molar-refractivity contribution in [1.82, 2.24) is 10.2 Å². The molecule has 2 atom stereocenters. The number of piperidine rings is 1. The Balaban J connectivity index is 0.00000320. The topological polar surface area (TPSA) is 112 Å². The van der Waals surface area contributed by atoms with Gasteiger partial charge in [-0.05, 0) is 50.6 Å². The fraction of sp³-hybridized carbons (Fsp3) is 0.571. The lowest BCUT2D eigenvalue weighted by atomic mass is 9.99. The lowest BCUT2D eigenvalue weighted by Gasteiger charge is -2.38. The summed E-state index contributed by atoms with van der Waals surface area (Å²) >= 11 is 0. The van der Waals surface area contributed by atoms with Gasteiger partial charge in [-0.25, -0.2) is 0 Å². The van der Waals surface area contributed by atoms with Gasteiger partial charge in [0.2, 0.25) is 5.91 Å². The standard InChI is InChI=1S/C21H31N5O3.ClH/c1-25(13-16-11-15(21(28)24-16)12-19(27)29-2)17-7-9-26(10-8-17)18-5-3-14(4-6-18)20(22)23;/h3-6,15-17H,7-13H2,1-2H3,(H3,22,23)(H,24,28);1H/t15-,16-;/m0./s1. The number of benzene rings is 1. The van der Waals surface area contributed by atoms with Crippen molar-refractivity contribution in [2.45, 2.75) is 37.8 Å². The Labute approximate surface area is 184 Å². The number of halogens is 1. The maximum atomic E-state index is 12.1. The number of hydrogen-bond donors (Lipinski definition) is 3. The number of nitrogens with zero attached hydrogens (tertiary/aromatic N) is 2. The van der Waals surface area contributed by atoms with Crippen LogP contribution in [0.1, 0.15) is 31.2 Å². The number of anilines is 1. The first-order valence-corrected chi connectivity index (χ1v) is 10.1. The zero-order valence-corrected chi connectivity index (χ0v) is 18.4. The van der Waals surface area contributed by atoms with Crippen molar-refractivity contribution < 1.29 is 14.3 Å². The number of nitrogens with one attached hydrogen (secondary N) is 2. The molecule has 1 aromatic carbocycles. The summed E-state index contributed by atoms with van der Waals surface area (Å²) in [5, 5.41) is 10.5. The SMILES string of the molecule is COC(=O)C[C@@H]1C[C@@H](CN(C)C2CCN(c3ccc(C(=N)N)cc3)CC2)NC1=O.Cl. The van der Waals surface area contributed by atoms with Crippen LogP contribution in [0.25, 0.3) is 0 Å². The van der Waals surface area contributed by atoms with Crippen molar-refractivity contribution >= 4 is 35.8 Å². The minimum absolute atomic E-state index is 0. The molecule has 2 aliphatic rings. The van der Waals surface area contributed by atoms with Crippen LogP contribution in [0.15, 0.2) is 24.3 Å². The molecule has 30 heavy (non-hydrogen) atoms. The van der Waals surface area contributed by atoms with Gasteiger partial charge in [0, 0.05) is 43.0 Å². The second-order valence-corrected chi connectivity index (χ2v) is 8.04. The summed E-state index contributed by atoms with van der Waals surface area (Å²) in [5.41, 5.74) is 7.42. The van der Waals surface area contributed by atoms with Crippen LogP contribution in [0.5, 0.6) is 0 Å². The van der Waals surface area contributed by atoms with Crippen LogP contribution in [0.4, 0.5) is 5.69 Å². The molecule has 2 heterocycles. The molecular formula is C21H32ClN5O3.